The van der Waals surface area contributed by atoms with Crippen LogP contribution >= 0.6 is 0 Å². The van der Waals surface area contributed by atoms with E-state index in [2.05, 4.69) is 21.0 Å². The molecule has 63 valence electrons. The van der Waals surface area contributed by atoms with Gasteiger partial charge in [-0.1, -0.05) is 0 Å². The van der Waals surface area contributed by atoms with Crippen molar-refractivity contribution in [2.45, 2.75) is 13.3 Å². The molecule has 1 aromatic rings. The molecule has 0 amide bonds. The van der Waals surface area contributed by atoms with E-state index >= 15 is 0 Å². The minimum absolute atomic E-state index is 0.182. The molecular formula is C8H9N2O2. The number of hydrogen-bond donors (Lipinski definition) is 0. The number of ether oxygens (including phenoxy) is 1. The third-order valence-electron chi connectivity index (χ3n) is 1.50. The Morgan fingerprint density at radius 1 is 1.75 bits per heavy atom. The van der Waals surface area contributed by atoms with Crippen LogP contribution in [-0.4, -0.2) is 23.0 Å². The lowest BCUT2D eigenvalue weighted by Gasteiger charge is -2.00. The van der Waals surface area contributed by atoms with Crippen molar-refractivity contribution in [3.05, 3.63) is 23.8 Å². The maximum Gasteiger partial charge on any atom is 0.311 e. The number of aryl methyl sites for hydroxylation is 1. The molecule has 0 N–H and O–H groups in total. The van der Waals surface area contributed by atoms with E-state index in [0.717, 1.165) is 5.56 Å². The van der Waals surface area contributed by atoms with Crippen molar-refractivity contribution in [1.82, 2.24) is 9.97 Å². The Morgan fingerprint density at radius 2 is 2.50 bits per heavy atom. The molecule has 0 unspecified atom stereocenters. The van der Waals surface area contributed by atoms with Gasteiger partial charge in [0.2, 0.25) is 0 Å². The highest BCUT2D eigenvalue weighted by Gasteiger charge is 2.06. The first-order valence-corrected chi connectivity index (χ1v) is 3.49. The molecule has 0 fully saturated rings. The van der Waals surface area contributed by atoms with Crippen LogP contribution in [0.1, 0.15) is 11.3 Å². The van der Waals surface area contributed by atoms with Crippen molar-refractivity contribution in [3.8, 4) is 0 Å². The average Bonchev–Trinajstić information content (AvgIpc) is 2.09. The first kappa shape index (κ1) is 8.64. The first-order chi connectivity index (χ1) is 5.74. The number of carbonyl (C=O) groups excluding carboxylic acids is 1. The lowest BCUT2D eigenvalue weighted by Crippen LogP contribution is -2.07. The maximum absolute atomic E-state index is 10.8. The molecule has 1 radical (unpaired) electrons. The Hall–Kier alpha value is -1.45. The topological polar surface area (TPSA) is 52.1 Å². The number of esters is 1. The zero-order valence-corrected chi connectivity index (χ0v) is 7.00. The third kappa shape index (κ3) is 2.02. The molecule has 12 heavy (non-hydrogen) atoms. The summed E-state index contributed by atoms with van der Waals surface area (Å²) in [5, 5.41) is 0. The molecule has 4 heteroatoms. The van der Waals surface area contributed by atoms with E-state index in [9.17, 15) is 4.79 Å². The standard InChI is InChI=1S/C8H9N2O2/c1-6-4-9-5-10-7(6)3-8(11)12-2/h4H,3H2,1-2H3. The fourth-order valence-electron chi connectivity index (χ4n) is 0.765. The molecule has 1 heterocycles. The van der Waals surface area contributed by atoms with E-state index in [1.165, 1.54) is 7.11 Å². The van der Waals surface area contributed by atoms with Gasteiger partial charge in [-0.2, -0.15) is 0 Å². The van der Waals surface area contributed by atoms with Gasteiger partial charge in [0.05, 0.1) is 19.2 Å². The lowest BCUT2D eigenvalue weighted by molar-refractivity contribution is -0.139. The molecule has 0 bridgehead atoms. The van der Waals surface area contributed by atoms with E-state index in [-0.39, 0.29) is 12.4 Å². The highest BCUT2D eigenvalue weighted by molar-refractivity contribution is 5.72. The minimum atomic E-state index is -0.301. The molecule has 1 aromatic heterocycles. The SMILES string of the molecule is COC(=O)Cc1n[c]ncc1C. The van der Waals surface area contributed by atoms with Gasteiger partial charge in [0.15, 0.2) is 6.33 Å². The van der Waals surface area contributed by atoms with Crippen LogP contribution < -0.4 is 0 Å². The fraction of sp³-hybridized carbons (Fsp3) is 0.375. The van der Waals surface area contributed by atoms with E-state index in [1.807, 2.05) is 6.92 Å². The van der Waals surface area contributed by atoms with Crippen LogP contribution in [0.15, 0.2) is 6.20 Å². The highest BCUT2D eigenvalue weighted by atomic mass is 16.5. The summed E-state index contributed by atoms with van der Waals surface area (Å²) in [6.45, 7) is 1.84. The number of methoxy groups -OCH3 is 1. The highest BCUT2D eigenvalue weighted by Crippen LogP contribution is 2.01. The van der Waals surface area contributed by atoms with Crippen LogP contribution in [-0.2, 0) is 16.0 Å². The molecule has 0 aromatic carbocycles. The third-order valence-corrected chi connectivity index (χ3v) is 1.50. The second kappa shape index (κ2) is 3.80. The van der Waals surface area contributed by atoms with Gasteiger partial charge in [-0.15, -0.1) is 0 Å². The summed E-state index contributed by atoms with van der Waals surface area (Å²) in [5.74, 6) is -0.301. The monoisotopic (exact) mass is 165 g/mol. The maximum atomic E-state index is 10.8. The molecule has 1 rings (SSSR count). The Labute approximate surface area is 70.6 Å². The first-order valence-electron chi connectivity index (χ1n) is 3.49. The van der Waals surface area contributed by atoms with Gasteiger partial charge in [0, 0.05) is 6.20 Å². The Bertz CT molecular complexity index is 286. The Kier molecular flexibility index (Phi) is 2.74. The normalized spacial score (nSPS) is 9.50. The van der Waals surface area contributed by atoms with Crippen LogP contribution in [0.25, 0.3) is 0 Å². The predicted molar refractivity (Wildman–Crippen MR) is 41.3 cm³/mol. The van der Waals surface area contributed by atoms with E-state index in [4.69, 9.17) is 0 Å². The van der Waals surface area contributed by atoms with Crippen LogP contribution in [0.3, 0.4) is 0 Å². The second-order valence-electron chi connectivity index (χ2n) is 2.35. The Morgan fingerprint density at radius 3 is 3.08 bits per heavy atom. The summed E-state index contributed by atoms with van der Waals surface area (Å²) in [7, 11) is 1.35. The van der Waals surface area contributed by atoms with Gasteiger partial charge >= 0.3 is 5.97 Å². The van der Waals surface area contributed by atoms with Gasteiger partial charge in [-0.05, 0) is 12.5 Å². The summed E-state index contributed by atoms with van der Waals surface area (Å²) >= 11 is 0. The fourth-order valence-corrected chi connectivity index (χ4v) is 0.765. The molecule has 0 spiro atoms. The smallest absolute Gasteiger partial charge is 0.311 e. The van der Waals surface area contributed by atoms with Crippen molar-refractivity contribution in [2.75, 3.05) is 7.11 Å². The number of carbonyl (C=O) groups is 1. The Balaban J connectivity index is 2.75. The molecule has 0 atom stereocenters. The molecule has 0 aliphatic carbocycles. The van der Waals surface area contributed by atoms with Crippen LogP contribution in [0, 0.1) is 13.3 Å². The molecular weight excluding hydrogens is 156 g/mol. The number of rotatable bonds is 2. The summed E-state index contributed by atoms with van der Waals surface area (Å²) in [4.78, 5) is 18.4. The quantitative estimate of drug-likeness (QED) is 0.591. The summed E-state index contributed by atoms with van der Waals surface area (Å²) in [6.07, 6.45) is 4.22. The molecule has 0 saturated heterocycles. The number of aromatic nitrogens is 2. The van der Waals surface area contributed by atoms with Crippen molar-refractivity contribution in [2.24, 2.45) is 0 Å². The van der Waals surface area contributed by atoms with Crippen LogP contribution in [0.4, 0.5) is 0 Å². The van der Waals surface area contributed by atoms with Crippen molar-refractivity contribution in [1.29, 1.82) is 0 Å². The van der Waals surface area contributed by atoms with Gasteiger partial charge in [-0.3, -0.25) is 4.79 Å². The number of nitrogens with zero attached hydrogens (tertiary/aromatic N) is 2. The summed E-state index contributed by atoms with van der Waals surface area (Å²) in [5.41, 5.74) is 1.54. The molecule has 4 nitrogen and oxygen atoms in total. The zero-order valence-electron chi connectivity index (χ0n) is 7.00. The molecule has 0 aliphatic heterocycles. The summed E-state index contributed by atoms with van der Waals surface area (Å²) in [6, 6.07) is 0. The zero-order chi connectivity index (χ0) is 8.97. The van der Waals surface area contributed by atoms with Gasteiger partial charge in [0.1, 0.15) is 0 Å². The van der Waals surface area contributed by atoms with Gasteiger partial charge in [0.25, 0.3) is 0 Å². The summed E-state index contributed by atoms with van der Waals surface area (Å²) < 4.78 is 4.50. The van der Waals surface area contributed by atoms with Crippen LogP contribution in [0.5, 0.6) is 0 Å². The van der Waals surface area contributed by atoms with Crippen LogP contribution in [0.2, 0.25) is 0 Å². The van der Waals surface area contributed by atoms with E-state index < -0.39 is 0 Å². The largest absolute Gasteiger partial charge is 0.469 e. The molecule has 0 aliphatic rings. The predicted octanol–water partition coefficient (Wildman–Crippen LogP) is 0.301. The lowest BCUT2D eigenvalue weighted by atomic mass is 10.2. The van der Waals surface area contributed by atoms with Crippen molar-refractivity contribution < 1.29 is 9.53 Å². The van der Waals surface area contributed by atoms with Crippen molar-refractivity contribution >= 4 is 5.97 Å². The van der Waals surface area contributed by atoms with Crippen molar-refractivity contribution in [3.63, 3.8) is 0 Å². The number of hydrogen-bond acceptors (Lipinski definition) is 4. The van der Waals surface area contributed by atoms with E-state index in [0.29, 0.717) is 5.69 Å². The van der Waals surface area contributed by atoms with Gasteiger partial charge < -0.3 is 4.74 Å². The van der Waals surface area contributed by atoms with Gasteiger partial charge in [-0.25, -0.2) is 9.97 Å². The molecule has 0 saturated carbocycles. The van der Waals surface area contributed by atoms with E-state index in [1.54, 1.807) is 6.20 Å². The minimum Gasteiger partial charge on any atom is -0.469 e. The second-order valence-corrected chi connectivity index (χ2v) is 2.35. The average molecular weight is 165 g/mol.